The molecule has 1 amide bonds. The van der Waals surface area contributed by atoms with Crippen molar-refractivity contribution >= 4 is 11.9 Å². The summed E-state index contributed by atoms with van der Waals surface area (Å²) < 4.78 is 4.80. The van der Waals surface area contributed by atoms with Crippen LogP contribution < -0.4 is 5.32 Å². The Balaban J connectivity index is 1.45. The fourth-order valence-corrected chi connectivity index (χ4v) is 4.42. The number of methoxy groups -OCH3 is 1. The van der Waals surface area contributed by atoms with Crippen LogP contribution in [0.5, 0.6) is 0 Å². The third-order valence-corrected chi connectivity index (χ3v) is 5.91. The second-order valence-electron chi connectivity index (χ2n) is 7.57. The van der Waals surface area contributed by atoms with E-state index in [9.17, 15) is 9.59 Å². The molecule has 2 aliphatic carbocycles. The highest BCUT2D eigenvalue weighted by molar-refractivity contribution is 5.89. The molecule has 0 aromatic heterocycles. The number of ether oxygens (including phenoxy) is 1. The summed E-state index contributed by atoms with van der Waals surface area (Å²) in [4.78, 5) is 24.6. The number of aryl methyl sites for hydroxylation is 2. The van der Waals surface area contributed by atoms with Crippen LogP contribution >= 0.6 is 0 Å². The first-order valence-electron chi connectivity index (χ1n) is 9.74. The van der Waals surface area contributed by atoms with Crippen LogP contribution in [-0.4, -0.2) is 19.0 Å². The van der Waals surface area contributed by atoms with Crippen molar-refractivity contribution in [2.24, 2.45) is 5.92 Å². The summed E-state index contributed by atoms with van der Waals surface area (Å²) in [5, 5.41) is 3.30. The highest BCUT2D eigenvalue weighted by atomic mass is 16.5. The lowest BCUT2D eigenvalue weighted by atomic mass is 9.82. The van der Waals surface area contributed by atoms with E-state index in [1.54, 1.807) is 6.07 Å². The Hall–Kier alpha value is -2.62. The van der Waals surface area contributed by atoms with Crippen LogP contribution in [0, 0.1) is 5.92 Å². The predicted molar refractivity (Wildman–Crippen MR) is 104 cm³/mol. The number of amides is 1. The van der Waals surface area contributed by atoms with Crippen LogP contribution in [-0.2, 0) is 28.8 Å². The van der Waals surface area contributed by atoms with Gasteiger partial charge in [0, 0.05) is 5.92 Å². The number of hydrogen-bond donors (Lipinski definition) is 1. The molecule has 1 N–H and O–H groups in total. The second kappa shape index (κ2) is 7.55. The lowest BCUT2D eigenvalue weighted by Crippen LogP contribution is -2.37. The maximum absolute atomic E-state index is 12.9. The zero-order chi connectivity index (χ0) is 18.8. The molecule has 27 heavy (non-hydrogen) atoms. The van der Waals surface area contributed by atoms with Gasteiger partial charge in [0.15, 0.2) is 0 Å². The van der Waals surface area contributed by atoms with Gasteiger partial charge in [0.1, 0.15) is 0 Å². The fourth-order valence-electron chi connectivity index (χ4n) is 4.42. The average Bonchev–Trinajstić information content (AvgIpc) is 2.72. The van der Waals surface area contributed by atoms with Crippen LogP contribution in [0.2, 0.25) is 0 Å². The average molecular weight is 363 g/mol. The number of carbonyl (C=O) groups excluding carboxylic acids is 2. The van der Waals surface area contributed by atoms with E-state index in [1.165, 1.54) is 18.2 Å². The summed E-state index contributed by atoms with van der Waals surface area (Å²) in [7, 11) is 1.39. The maximum Gasteiger partial charge on any atom is 0.337 e. The molecule has 0 spiro atoms. The number of rotatable bonds is 3. The fraction of sp³-hybridized carbons (Fsp3) is 0.391. The van der Waals surface area contributed by atoms with E-state index < -0.39 is 0 Å². The first-order valence-corrected chi connectivity index (χ1v) is 9.74. The van der Waals surface area contributed by atoms with Gasteiger partial charge in [0.25, 0.3) is 0 Å². The highest BCUT2D eigenvalue weighted by Gasteiger charge is 2.28. The predicted octanol–water partition coefficient (Wildman–Crippen LogP) is 3.77. The lowest BCUT2D eigenvalue weighted by Gasteiger charge is -2.30. The monoisotopic (exact) mass is 363 g/mol. The Morgan fingerprint density at radius 1 is 1.00 bits per heavy atom. The quantitative estimate of drug-likeness (QED) is 0.845. The maximum atomic E-state index is 12.9. The first-order chi connectivity index (χ1) is 13.2. The van der Waals surface area contributed by atoms with Crippen LogP contribution in [0.4, 0.5) is 0 Å². The Kier molecular flexibility index (Phi) is 4.97. The standard InChI is InChI=1S/C23H25NO3/c1-27-23(26)19-12-10-16-13-18(11-9-17(16)14-19)22(25)24-21-8-4-6-15-5-2-3-7-20(15)21/h2-3,5,7,10,12,14,18,21H,4,6,8-9,11,13H2,1H3,(H,24,25)/t18-,21+/m0/s1. The Labute approximate surface area is 159 Å². The number of carbonyl (C=O) groups is 2. The SMILES string of the molecule is COC(=O)c1ccc2c(c1)CC[C@H](C(=O)N[C@@H]1CCCc3ccccc31)C2. The van der Waals surface area contributed by atoms with E-state index in [1.807, 2.05) is 12.1 Å². The summed E-state index contributed by atoms with van der Waals surface area (Å²) in [6.45, 7) is 0. The summed E-state index contributed by atoms with van der Waals surface area (Å²) in [6.07, 6.45) is 5.59. The van der Waals surface area contributed by atoms with E-state index in [2.05, 4.69) is 29.6 Å². The zero-order valence-electron chi connectivity index (χ0n) is 15.7. The van der Waals surface area contributed by atoms with Gasteiger partial charge in [-0.25, -0.2) is 4.79 Å². The minimum Gasteiger partial charge on any atom is -0.465 e. The highest BCUT2D eigenvalue weighted by Crippen LogP contribution is 2.31. The number of benzene rings is 2. The summed E-state index contributed by atoms with van der Waals surface area (Å²) in [6, 6.07) is 14.2. The molecule has 4 nitrogen and oxygen atoms in total. The summed E-state index contributed by atoms with van der Waals surface area (Å²) >= 11 is 0. The topological polar surface area (TPSA) is 55.4 Å². The molecule has 0 unspecified atom stereocenters. The summed E-state index contributed by atoms with van der Waals surface area (Å²) in [5.41, 5.74) is 5.54. The number of nitrogens with one attached hydrogen (secondary N) is 1. The van der Waals surface area contributed by atoms with E-state index in [-0.39, 0.29) is 23.8 Å². The molecule has 4 heteroatoms. The molecule has 0 aliphatic heterocycles. The molecular formula is C23H25NO3. The van der Waals surface area contributed by atoms with Crippen molar-refractivity contribution in [2.75, 3.05) is 7.11 Å². The molecule has 0 bridgehead atoms. The minimum absolute atomic E-state index is 0.00411. The largest absolute Gasteiger partial charge is 0.465 e. The van der Waals surface area contributed by atoms with Crippen LogP contribution in [0.15, 0.2) is 42.5 Å². The molecule has 4 rings (SSSR count). The van der Waals surface area contributed by atoms with Crippen LogP contribution in [0.3, 0.4) is 0 Å². The van der Waals surface area contributed by atoms with Crippen molar-refractivity contribution in [1.82, 2.24) is 5.32 Å². The van der Waals surface area contributed by atoms with Gasteiger partial charge in [0.2, 0.25) is 5.91 Å². The molecule has 2 aromatic rings. The molecule has 2 atom stereocenters. The molecule has 2 aliphatic rings. The van der Waals surface area contributed by atoms with Crippen molar-refractivity contribution in [3.8, 4) is 0 Å². The van der Waals surface area contributed by atoms with E-state index in [4.69, 9.17) is 4.74 Å². The van der Waals surface area contributed by atoms with E-state index >= 15 is 0 Å². The van der Waals surface area contributed by atoms with Crippen LogP contribution in [0.1, 0.15) is 57.9 Å². The Morgan fingerprint density at radius 3 is 2.70 bits per heavy atom. The normalized spacial score (nSPS) is 20.9. The van der Waals surface area contributed by atoms with Crippen molar-refractivity contribution in [3.05, 3.63) is 70.3 Å². The first kappa shape index (κ1) is 17.8. The van der Waals surface area contributed by atoms with Gasteiger partial charge in [-0.2, -0.15) is 0 Å². The van der Waals surface area contributed by atoms with Gasteiger partial charge in [-0.05, 0) is 72.9 Å². The smallest absolute Gasteiger partial charge is 0.337 e. The Bertz CT molecular complexity index is 874. The van der Waals surface area contributed by atoms with E-state index in [0.29, 0.717) is 5.56 Å². The van der Waals surface area contributed by atoms with Crippen molar-refractivity contribution in [3.63, 3.8) is 0 Å². The van der Waals surface area contributed by atoms with Gasteiger partial charge < -0.3 is 10.1 Å². The molecule has 0 radical (unpaired) electrons. The summed E-state index contributed by atoms with van der Waals surface area (Å²) in [5.74, 6) is -0.163. The van der Waals surface area contributed by atoms with Crippen molar-refractivity contribution < 1.29 is 14.3 Å². The van der Waals surface area contributed by atoms with Crippen LogP contribution in [0.25, 0.3) is 0 Å². The second-order valence-corrected chi connectivity index (χ2v) is 7.57. The molecular weight excluding hydrogens is 338 g/mol. The van der Waals surface area contributed by atoms with Crippen molar-refractivity contribution in [2.45, 2.75) is 44.6 Å². The van der Waals surface area contributed by atoms with Gasteiger partial charge in [-0.15, -0.1) is 0 Å². The van der Waals surface area contributed by atoms with E-state index in [0.717, 1.165) is 49.7 Å². The van der Waals surface area contributed by atoms with Crippen molar-refractivity contribution in [1.29, 1.82) is 0 Å². The molecule has 0 saturated heterocycles. The Morgan fingerprint density at radius 2 is 1.85 bits per heavy atom. The lowest BCUT2D eigenvalue weighted by molar-refractivity contribution is -0.126. The number of esters is 1. The number of hydrogen-bond acceptors (Lipinski definition) is 3. The molecule has 2 aromatic carbocycles. The minimum atomic E-state index is -0.311. The molecule has 0 saturated carbocycles. The van der Waals surface area contributed by atoms with Gasteiger partial charge in [-0.1, -0.05) is 30.3 Å². The number of fused-ring (bicyclic) bond motifs is 2. The third kappa shape index (κ3) is 3.61. The zero-order valence-corrected chi connectivity index (χ0v) is 15.7. The van der Waals surface area contributed by atoms with Gasteiger partial charge >= 0.3 is 5.97 Å². The molecule has 0 fully saturated rings. The molecule has 140 valence electrons. The molecule has 0 heterocycles. The third-order valence-electron chi connectivity index (χ3n) is 5.91. The van der Waals surface area contributed by atoms with Gasteiger partial charge in [-0.3, -0.25) is 4.79 Å². The van der Waals surface area contributed by atoms with Gasteiger partial charge in [0.05, 0.1) is 18.7 Å².